The third kappa shape index (κ3) is 3.71. The van der Waals surface area contributed by atoms with Gasteiger partial charge in [0.15, 0.2) is 11.5 Å². The lowest BCUT2D eigenvalue weighted by Crippen LogP contribution is -2.38. The minimum Gasteiger partial charge on any atom is -0.503 e. The fraction of sp³-hybridized carbons (Fsp3) is 0.333. The number of carbonyl (C=O) groups is 2. The first kappa shape index (κ1) is 19.8. The molecule has 28 heavy (non-hydrogen) atoms. The average Bonchev–Trinajstić information content (AvgIpc) is 3.32. The second kappa shape index (κ2) is 8.39. The van der Waals surface area contributed by atoms with Gasteiger partial charge < -0.3 is 19.3 Å². The second-order valence-electron chi connectivity index (χ2n) is 6.55. The molecule has 0 saturated heterocycles. The highest BCUT2D eigenvalue weighted by Crippen LogP contribution is 2.38. The largest absolute Gasteiger partial charge is 0.503 e. The number of likely N-dealkylation sites (N-methyl/N-ethyl adjacent to an activating group) is 1. The van der Waals surface area contributed by atoms with Crippen LogP contribution in [0.3, 0.4) is 0 Å². The highest BCUT2D eigenvalue weighted by Gasteiger charge is 2.44. The molecule has 0 fully saturated rings. The Hall–Kier alpha value is -2.93. The maximum Gasteiger partial charge on any atom is 0.290 e. The van der Waals surface area contributed by atoms with Crippen LogP contribution in [0.4, 0.5) is 4.39 Å². The summed E-state index contributed by atoms with van der Waals surface area (Å²) in [4.78, 5) is 29.3. The second-order valence-corrected chi connectivity index (χ2v) is 6.55. The van der Waals surface area contributed by atoms with Crippen LogP contribution >= 0.6 is 0 Å². The van der Waals surface area contributed by atoms with Crippen molar-refractivity contribution in [3.63, 3.8) is 0 Å². The summed E-state index contributed by atoms with van der Waals surface area (Å²) in [7, 11) is 0. The van der Waals surface area contributed by atoms with Gasteiger partial charge in [-0.05, 0) is 42.9 Å². The monoisotopic (exact) mass is 386 g/mol. The summed E-state index contributed by atoms with van der Waals surface area (Å²) >= 11 is 0. The van der Waals surface area contributed by atoms with Crippen LogP contribution in [0.1, 0.15) is 36.0 Å². The molecule has 0 aliphatic carbocycles. The van der Waals surface area contributed by atoms with Crippen LogP contribution < -0.4 is 0 Å². The third-order valence-electron chi connectivity index (χ3n) is 5.03. The van der Waals surface area contributed by atoms with Crippen LogP contribution in [0, 0.1) is 5.82 Å². The maximum atomic E-state index is 13.4. The highest BCUT2D eigenvalue weighted by molar-refractivity contribution is 6.15. The van der Waals surface area contributed by atoms with Gasteiger partial charge in [0.1, 0.15) is 5.82 Å². The van der Waals surface area contributed by atoms with Crippen LogP contribution in [0.25, 0.3) is 0 Å². The Bertz CT molecular complexity index is 870. The Kier molecular flexibility index (Phi) is 5.94. The molecule has 1 unspecified atom stereocenters. The molecule has 1 N–H and O–H groups in total. The van der Waals surface area contributed by atoms with Gasteiger partial charge in [0.2, 0.25) is 5.78 Å². The Morgan fingerprint density at radius 1 is 1.21 bits per heavy atom. The SMILES string of the molecule is CCN(CC)CCN1C(=O)C(O)=C(C(=O)c2ccco2)C1c1ccc(F)cc1. The number of halogens is 1. The number of hydrogen-bond acceptors (Lipinski definition) is 5. The van der Waals surface area contributed by atoms with Crippen LogP contribution in [0.2, 0.25) is 0 Å². The van der Waals surface area contributed by atoms with Crippen molar-refractivity contribution in [3.8, 4) is 0 Å². The molecule has 0 spiro atoms. The number of nitrogens with zero attached hydrogens (tertiary/aromatic N) is 2. The third-order valence-corrected chi connectivity index (χ3v) is 5.03. The molecule has 1 aromatic heterocycles. The van der Waals surface area contributed by atoms with Gasteiger partial charge in [0, 0.05) is 13.1 Å². The summed E-state index contributed by atoms with van der Waals surface area (Å²) in [6.45, 7) is 6.59. The number of aliphatic hydroxyl groups excluding tert-OH is 1. The highest BCUT2D eigenvalue weighted by atomic mass is 19.1. The van der Waals surface area contributed by atoms with E-state index in [0.29, 0.717) is 18.7 Å². The first-order valence-corrected chi connectivity index (χ1v) is 9.28. The zero-order chi connectivity index (χ0) is 20.3. The zero-order valence-electron chi connectivity index (χ0n) is 15.9. The Morgan fingerprint density at radius 2 is 1.89 bits per heavy atom. The molecule has 2 aromatic rings. The van der Waals surface area contributed by atoms with E-state index in [1.54, 1.807) is 6.07 Å². The van der Waals surface area contributed by atoms with Gasteiger partial charge in [-0.1, -0.05) is 26.0 Å². The molecule has 1 atom stereocenters. The minimum absolute atomic E-state index is 0.0343. The number of Topliss-reactive ketones (excluding diaryl/α,β-unsaturated/α-hetero) is 1. The van der Waals surface area contributed by atoms with Crippen LogP contribution in [-0.4, -0.2) is 52.8 Å². The van der Waals surface area contributed by atoms with E-state index in [1.165, 1.54) is 41.5 Å². The fourth-order valence-electron chi connectivity index (χ4n) is 3.44. The van der Waals surface area contributed by atoms with E-state index in [9.17, 15) is 19.1 Å². The lowest BCUT2D eigenvalue weighted by atomic mass is 9.95. The minimum atomic E-state index is -0.804. The summed E-state index contributed by atoms with van der Waals surface area (Å²) in [6.07, 6.45) is 1.35. The van der Waals surface area contributed by atoms with Crippen molar-refractivity contribution < 1.29 is 23.5 Å². The molecule has 3 rings (SSSR count). The van der Waals surface area contributed by atoms with Crippen LogP contribution in [-0.2, 0) is 4.79 Å². The lowest BCUT2D eigenvalue weighted by molar-refractivity contribution is -0.129. The summed E-state index contributed by atoms with van der Waals surface area (Å²) in [5.41, 5.74) is 0.499. The summed E-state index contributed by atoms with van der Waals surface area (Å²) in [6, 6.07) is 7.82. The molecule has 7 heteroatoms. The molecule has 1 aliphatic rings. The van der Waals surface area contributed by atoms with E-state index in [1.807, 2.05) is 13.8 Å². The quantitative estimate of drug-likeness (QED) is 0.705. The van der Waals surface area contributed by atoms with Crippen molar-refractivity contribution in [2.75, 3.05) is 26.2 Å². The molecular formula is C21H23FN2O4. The van der Waals surface area contributed by atoms with Crippen molar-refractivity contribution >= 4 is 11.7 Å². The first-order valence-electron chi connectivity index (χ1n) is 9.28. The normalized spacial score (nSPS) is 17.1. The molecule has 1 aromatic carbocycles. The van der Waals surface area contributed by atoms with Crippen molar-refractivity contribution in [1.82, 2.24) is 9.80 Å². The Morgan fingerprint density at radius 3 is 2.46 bits per heavy atom. The predicted molar refractivity (Wildman–Crippen MR) is 101 cm³/mol. The van der Waals surface area contributed by atoms with Gasteiger partial charge in [0.05, 0.1) is 17.9 Å². The Labute approximate surface area is 162 Å². The number of amides is 1. The molecule has 1 aliphatic heterocycles. The van der Waals surface area contributed by atoms with Gasteiger partial charge >= 0.3 is 0 Å². The molecule has 1 amide bonds. The van der Waals surface area contributed by atoms with E-state index in [4.69, 9.17) is 4.42 Å². The molecule has 0 radical (unpaired) electrons. The topological polar surface area (TPSA) is 74.0 Å². The van der Waals surface area contributed by atoms with Gasteiger partial charge in [-0.15, -0.1) is 0 Å². The van der Waals surface area contributed by atoms with Crippen molar-refractivity contribution in [2.45, 2.75) is 19.9 Å². The van der Waals surface area contributed by atoms with Gasteiger partial charge in [-0.25, -0.2) is 4.39 Å². The molecular weight excluding hydrogens is 363 g/mol. The van der Waals surface area contributed by atoms with Gasteiger partial charge in [-0.2, -0.15) is 0 Å². The van der Waals surface area contributed by atoms with E-state index in [2.05, 4.69) is 4.90 Å². The average molecular weight is 386 g/mol. The molecule has 2 heterocycles. The van der Waals surface area contributed by atoms with Crippen molar-refractivity contribution in [2.24, 2.45) is 0 Å². The number of hydrogen-bond donors (Lipinski definition) is 1. The van der Waals surface area contributed by atoms with Crippen molar-refractivity contribution in [1.29, 1.82) is 0 Å². The van der Waals surface area contributed by atoms with Crippen LogP contribution in [0.5, 0.6) is 0 Å². The number of aliphatic hydroxyl groups is 1. The molecule has 6 nitrogen and oxygen atoms in total. The van der Waals surface area contributed by atoms with Crippen LogP contribution in [0.15, 0.2) is 58.4 Å². The number of furan rings is 1. The van der Waals surface area contributed by atoms with E-state index in [-0.39, 0.29) is 11.3 Å². The van der Waals surface area contributed by atoms with E-state index < -0.39 is 29.3 Å². The molecule has 0 bridgehead atoms. The number of ketones is 1. The zero-order valence-corrected chi connectivity index (χ0v) is 15.9. The molecule has 148 valence electrons. The smallest absolute Gasteiger partial charge is 0.290 e. The number of rotatable bonds is 8. The van der Waals surface area contributed by atoms with E-state index in [0.717, 1.165) is 13.1 Å². The summed E-state index contributed by atoms with van der Waals surface area (Å²) in [5.74, 6) is -2.15. The predicted octanol–water partition coefficient (Wildman–Crippen LogP) is 3.34. The lowest BCUT2D eigenvalue weighted by Gasteiger charge is -2.29. The summed E-state index contributed by atoms with van der Waals surface area (Å²) in [5, 5.41) is 10.5. The number of benzene rings is 1. The maximum absolute atomic E-state index is 13.4. The van der Waals surface area contributed by atoms with Gasteiger partial charge in [0.25, 0.3) is 5.91 Å². The van der Waals surface area contributed by atoms with Crippen molar-refractivity contribution in [3.05, 3.63) is 71.1 Å². The molecule has 0 saturated carbocycles. The van der Waals surface area contributed by atoms with E-state index >= 15 is 0 Å². The Balaban J connectivity index is 1.99. The first-order chi connectivity index (χ1) is 13.5. The van der Waals surface area contributed by atoms with Gasteiger partial charge in [-0.3, -0.25) is 9.59 Å². The summed E-state index contributed by atoms with van der Waals surface area (Å²) < 4.78 is 18.6. The number of carbonyl (C=O) groups excluding carboxylic acids is 2. The standard InChI is InChI=1S/C21H23FN2O4/c1-3-23(4-2)11-12-24-18(14-7-9-15(22)10-8-14)17(20(26)21(24)27)19(25)16-6-5-13-28-16/h5-10,13,18,26H,3-4,11-12H2,1-2H3. The fourth-order valence-corrected chi connectivity index (χ4v) is 3.44.